The van der Waals surface area contributed by atoms with Crippen molar-refractivity contribution in [2.75, 3.05) is 19.8 Å². The SMILES string of the molecule is CCCCCC/C=C/CCCCCCCCCC(=O)OC[C@@H](CO[C@H]1O[C@@H](CO)[C@@H](O)C(O)C1O)OC(=O)CC/C=C/CCCCCCCCCCCCC. The normalized spacial score (nSPS) is 20.7. The quantitative estimate of drug-likeness (QED) is 0.0273. The van der Waals surface area contributed by atoms with Crippen molar-refractivity contribution in [1.29, 1.82) is 0 Å². The van der Waals surface area contributed by atoms with Crippen LogP contribution in [-0.4, -0.2) is 89.0 Å². The van der Waals surface area contributed by atoms with Crippen LogP contribution < -0.4 is 0 Å². The van der Waals surface area contributed by atoms with Crippen molar-refractivity contribution in [3.63, 3.8) is 0 Å². The van der Waals surface area contributed by atoms with Gasteiger partial charge in [-0.15, -0.1) is 0 Å². The van der Waals surface area contributed by atoms with Gasteiger partial charge in [-0.1, -0.05) is 154 Å². The first-order chi connectivity index (χ1) is 26.8. The summed E-state index contributed by atoms with van der Waals surface area (Å²) in [6.45, 7) is 3.38. The number of aliphatic hydroxyl groups is 4. The zero-order valence-corrected chi connectivity index (χ0v) is 34.9. The van der Waals surface area contributed by atoms with Gasteiger partial charge in [0.15, 0.2) is 12.4 Å². The molecule has 0 aromatic heterocycles. The molecule has 1 aliphatic heterocycles. The van der Waals surface area contributed by atoms with Gasteiger partial charge in [-0.05, 0) is 51.4 Å². The number of esters is 2. The third-order valence-electron chi connectivity index (χ3n) is 10.3. The van der Waals surface area contributed by atoms with Crippen molar-refractivity contribution in [2.24, 2.45) is 0 Å². The van der Waals surface area contributed by atoms with E-state index in [1.165, 1.54) is 116 Å². The summed E-state index contributed by atoms with van der Waals surface area (Å²) in [5, 5.41) is 40.0. The molecule has 6 atom stereocenters. The lowest BCUT2D eigenvalue weighted by Gasteiger charge is -2.39. The molecule has 10 nitrogen and oxygen atoms in total. The topological polar surface area (TPSA) is 152 Å². The molecule has 1 heterocycles. The molecule has 0 saturated carbocycles. The Bertz CT molecular complexity index is 954. The fraction of sp³-hybridized carbons (Fsp3) is 0.867. The fourth-order valence-electron chi connectivity index (χ4n) is 6.73. The lowest BCUT2D eigenvalue weighted by atomic mass is 9.99. The van der Waals surface area contributed by atoms with Gasteiger partial charge in [-0.2, -0.15) is 0 Å². The van der Waals surface area contributed by atoms with Gasteiger partial charge in [0.05, 0.1) is 13.2 Å². The van der Waals surface area contributed by atoms with Crippen LogP contribution in [0.15, 0.2) is 24.3 Å². The van der Waals surface area contributed by atoms with Gasteiger partial charge < -0.3 is 39.4 Å². The highest BCUT2D eigenvalue weighted by Gasteiger charge is 2.44. The monoisotopic (exact) mass is 783 g/mol. The average Bonchev–Trinajstić information content (AvgIpc) is 3.18. The van der Waals surface area contributed by atoms with Crippen LogP contribution in [0.1, 0.15) is 194 Å². The van der Waals surface area contributed by atoms with E-state index in [2.05, 4.69) is 32.1 Å². The first kappa shape index (κ1) is 51.2. The summed E-state index contributed by atoms with van der Waals surface area (Å²) in [7, 11) is 0. The molecule has 0 radical (unpaired) electrons. The number of carbonyl (C=O) groups excluding carboxylic acids is 2. The largest absolute Gasteiger partial charge is 0.462 e. The minimum absolute atomic E-state index is 0.148. The first-order valence-electron chi connectivity index (χ1n) is 22.4. The number of hydrogen-bond donors (Lipinski definition) is 4. The fourth-order valence-corrected chi connectivity index (χ4v) is 6.73. The standard InChI is InChI=1S/C45H82O10/c1-3-5-7-9-11-13-15-17-19-21-23-25-27-29-31-33-40(47)52-36-38(37-53-45-44(51)43(50)42(49)39(35-46)55-45)54-41(48)34-32-30-28-26-24-22-20-18-16-14-12-10-8-6-4-2/h13,15,28,30,38-39,42-46,49-51H,3-12,14,16-27,29,31-37H2,1-2H3/b15-13+,30-28+/t38-,39-,42+,43?,44?,45-/m0/s1. The zero-order valence-electron chi connectivity index (χ0n) is 34.9. The number of rotatable bonds is 37. The minimum Gasteiger partial charge on any atom is -0.462 e. The van der Waals surface area contributed by atoms with Gasteiger partial charge in [0.1, 0.15) is 31.0 Å². The first-order valence-corrected chi connectivity index (χ1v) is 22.4. The van der Waals surface area contributed by atoms with Crippen molar-refractivity contribution in [3.05, 3.63) is 24.3 Å². The van der Waals surface area contributed by atoms with Crippen LogP contribution in [0.2, 0.25) is 0 Å². The van der Waals surface area contributed by atoms with E-state index in [4.69, 9.17) is 18.9 Å². The van der Waals surface area contributed by atoms with E-state index in [1.807, 2.05) is 6.08 Å². The Labute approximate surface area is 334 Å². The highest BCUT2D eigenvalue weighted by Crippen LogP contribution is 2.22. The number of aliphatic hydroxyl groups excluding tert-OH is 4. The van der Waals surface area contributed by atoms with E-state index in [-0.39, 0.29) is 32.0 Å². The van der Waals surface area contributed by atoms with Crippen LogP contribution in [0.4, 0.5) is 0 Å². The number of hydrogen-bond acceptors (Lipinski definition) is 10. The number of allylic oxidation sites excluding steroid dienone is 4. The summed E-state index contributed by atoms with van der Waals surface area (Å²) < 4.78 is 22.1. The van der Waals surface area contributed by atoms with Crippen LogP contribution in [0.5, 0.6) is 0 Å². The summed E-state index contributed by atoms with van der Waals surface area (Å²) in [4.78, 5) is 25.3. The second-order valence-electron chi connectivity index (χ2n) is 15.5. The van der Waals surface area contributed by atoms with Gasteiger partial charge in [-0.25, -0.2) is 0 Å². The average molecular weight is 783 g/mol. The van der Waals surface area contributed by atoms with Crippen LogP contribution >= 0.6 is 0 Å². The van der Waals surface area contributed by atoms with Crippen LogP contribution in [0.3, 0.4) is 0 Å². The molecule has 0 aromatic rings. The molecule has 1 fully saturated rings. The van der Waals surface area contributed by atoms with E-state index in [1.54, 1.807) is 0 Å². The van der Waals surface area contributed by atoms with Gasteiger partial charge in [-0.3, -0.25) is 9.59 Å². The molecule has 0 aromatic carbocycles. The number of carbonyl (C=O) groups is 2. The van der Waals surface area contributed by atoms with Gasteiger partial charge in [0, 0.05) is 12.8 Å². The van der Waals surface area contributed by atoms with Crippen molar-refractivity contribution in [2.45, 2.75) is 230 Å². The Morgan fingerprint density at radius 3 is 1.51 bits per heavy atom. The highest BCUT2D eigenvalue weighted by atomic mass is 16.7. The predicted molar refractivity (Wildman–Crippen MR) is 219 cm³/mol. The van der Waals surface area contributed by atoms with Crippen molar-refractivity contribution < 1.29 is 49.0 Å². The Morgan fingerprint density at radius 2 is 1.00 bits per heavy atom. The molecule has 55 heavy (non-hydrogen) atoms. The highest BCUT2D eigenvalue weighted by molar-refractivity contribution is 5.70. The van der Waals surface area contributed by atoms with Gasteiger partial charge in [0.25, 0.3) is 0 Å². The molecular weight excluding hydrogens is 700 g/mol. The third-order valence-corrected chi connectivity index (χ3v) is 10.3. The molecule has 1 saturated heterocycles. The Hall–Kier alpha value is -1.82. The third kappa shape index (κ3) is 28.3. The molecular formula is C45H82O10. The predicted octanol–water partition coefficient (Wildman–Crippen LogP) is 9.33. The minimum atomic E-state index is -1.60. The molecule has 322 valence electrons. The maximum atomic E-state index is 12.7. The Morgan fingerprint density at radius 1 is 0.545 bits per heavy atom. The summed E-state index contributed by atoms with van der Waals surface area (Å²) in [5.74, 6) is -0.864. The summed E-state index contributed by atoms with van der Waals surface area (Å²) in [6.07, 6.45) is 31.9. The Balaban J connectivity index is 2.35. The molecule has 0 spiro atoms. The van der Waals surface area contributed by atoms with Gasteiger partial charge >= 0.3 is 11.9 Å². The molecule has 4 N–H and O–H groups in total. The lowest BCUT2D eigenvalue weighted by molar-refractivity contribution is -0.305. The second-order valence-corrected chi connectivity index (χ2v) is 15.5. The van der Waals surface area contributed by atoms with Crippen molar-refractivity contribution in [3.8, 4) is 0 Å². The number of ether oxygens (including phenoxy) is 4. The van der Waals surface area contributed by atoms with E-state index >= 15 is 0 Å². The van der Waals surface area contributed by atoms with Crippen LogP contribution in [-0.2, 0) is 28.5 Å². The van der Waals surface area contributed by atoms with Crippen molar-refractivity contribution >= 4 is 11.9 Å². The zero-order chi connectivity index (χ0) is 40.2. The molecule has 1 aliphatic rings. The second kappa shape index (κ2) is 36.5. The van der Waals surface area contributed by atoms with E-state index < -0.39 is 49.4 Å². The summed E-state index contributed by atoms with van der Waals surface area (Å²) >= 11 is 0. The molecule has 0 amide bonds. The van der Waals surface area contributed by atoms with E-state index in [9.17, 15) is 30.0 Å². The maximum Gasteiger partial charge on any atom is 0.306 e. The molecule has 0 bridgehead atoms. The van der Waals surface area contributed by atoms with E-state index in [0.29, 0.717) is 6.42 Å². The van der Waals surface area contributed by atoms with Crippen LogP contribution in [0, 0.1) is 0 Å². The molecule has 0 aliphatic carbocycles. The van der Waals surface area contributed by atoms with Crippen molar-refractivity contribution in [1.82, 2.24) is 0 Å². The molecule has 2 unspecified atom stereocenters. The lowest BCUT2D eigenvalue weighted by Crippen LogP contribution is -2.59. The van der Waals surface area contributed by atoms with E-state index in [0.717, 1.165) is 44.9 Å². The number of unbranched alkanes of at least 4 members (excludes halogenated alkanes) is 22. The van der Waals surface area contributed by atoms with Gasteiger partial charge in [0.2, 0.25) is 0 Å². The Kier molecular flexibility index (Phi) is 34.0. The van der Waals surface area contributed by atoms with Crippen LogP contribution in [0.25, 0.3) is 0 Å². The smallest absolute Gasteiger partial charge is 0.306 e. The summed E-state index contributed by atoms with van der Waals surface area (Å²) in [6, 6.07) is 0. The summed E-state index contributed by atoms with van der Waals surface area (Å²) in [5.41, 5.74) is 0. The maximum absolute atomic E-state index is 12.7. The molecule has 1 rings (SSSR count). The molecule has 10 heteroatoms.